The normalized spacial score (nSPS) is 15.0. The Hall–Kier alpha value is -3.02. The lowest BCUT2D eigenvalue weighted by Crippen LogP contribution is -2.54. The zero-order valence-corrected chi connectivity index (χ0v) is 15.1. The molecule has 5 nitrogen and oxygen atoms in total. The largest absolute Gasteiger partial charge is 0.377 e. The number of nitrogens with zero attached hydrogens (tertiary/aromatic N) is 1. The summed E-state index contributed by atoms with van der Waals surface area (Å²) in [6, 6.07) is 20.1. The summed E-state index contributed by atoms with van der Waals surface area (Å²) < 4.78 is 5.26. The first-order valence-corrected chi connectivity index (χ1v) is 8.86. The van der Waals surface area contributed by atoms with Crippen molar-refractivity contribution in [2.24, 2.45) is 5.73 Å². The number of pyridine rings is 1. The van der Waals surface area contributed by atoms with Gasteiger partial charge in [0, 0.05) is 18.1 Å². The number of amides is 1. The van der Waals surface area contributed by atoms with E-state index in [1.807, 2.05) is 60.7 Å². The summed E-state index contributed by atoms with van der Waals surface area (Å²) in [5, 5.41) is 2.81. The zero-order valence-electron chi connectivity index (χ0n) is 15.1. The molecule has 0 radical (unpaired) electrons. The quantitative estimate of drug-likeness (QED) is 0.747. The van der Waals surface area contributed by atoms with Crippen molar-refractivity contribution in [1.82, 2.24) is 4.98 Å². The molecule has 0 saturated carbocycles. The van der Waals surface area contributed by atoms with E-state index < -0.39 is 0 Å². The van der Waals surface area contributed by atoms with E-state index in [1.54, 1.807) is 6.20 Å². The Labute approximate surface area is 158 Å². The molecule has 0 aliphatic carbocycles. The van der Waals surface area contributed by atoms with Gasteiger partial charge in [0.25, 0.3) is 0 Å². The number of hydrogen-bond acceptors (Lipinski definition) is 4. The highest BCUT2D eigenvalue weighted by Crippen LogP contribution is 2.34. The Bertz CT molecular complexity index is 965. The highest BCUT2D eigenvalue weighted by molar-refractivity contribution is 5.91. The first kappa shape index (κ1) is 17.4. The van der Waals surface area contributed by atoms with Crippen LogP contribution >= 0.6 is 0 Å². The van der Waals surface area contributed by atoms with E-state index in [4.69, 9.17) is 10.5 Å². The van der Waals surface area contributed by atoms with Crippen molar-refractivity contribution in [3.8, 4) is 22.4 Å². The standard InChI is InChI=1S/C22H21N3O2/c1-15(26)25-19-11-20(16-5-3-2-4-6-16)21(24-12-19)17-7-9-18(10-8-17)22(23)13-27-14-22/h2-12H,13-14,23H2,1H3,(H,25,26). The fourth-order valence-electron chi connectivity index (χ4n) is 3.25. The van der Waals surface area contributed by atoms with Crippen LogP contribution in [0.4, 0.5) is 5.69 Å². The van der Waals surface area contributed by atoms with Gasteiger partial charge in [0.1, 0.15) is 0 Å². The van der Waals surface area contributed by atoms with Gasteiger partial charge in [0.2, 0.25) is 5.91 Å². The van der Waals surface area contributed by atoms with Gasteiger partial charge < -0.3 is 15.8 Å². The summed E-state index contributed by atoms with van der Waals surface area (Å²) >= 11 is 0. The minimum absolute atomic E-state index is 0.121. The summed E-state index contributed by atoms with van der Waals surface area (Å²) in [4.78, 5) is 16.1. The van der Waals surface area contributed by atoms with Crippen LogP contribution in [0.25, 0.3) is 22.4 Å². The van der Waals surface area contributed by atoms with Gasteiger partial charge in [-0.15, -0.1) is 0 Å². The van der Waals surface area contributed by atoms with Crippen molar-refractivity contribution >= 4 is 11.6 Å². The fourth-order valence-corrected chi connectivity index (χ4v) is 3.25. The van der Waals surface area contributed by atoms with Crippen LogP contribution < -0.4 is 11.1 Å². The Morgan fingerprint density at radius 3 is 2.37 bits per heavy atom. The highest BCUT2D eigenvalue weighted by Gasteiger charge is 2.35. The SMILES string of the molecule is CC(=O)Nc1cnc(-c2ccc(C3(N)COC3)cc2)c(-c2ccccc2)c1. The lowest BCUT2D eigenvalue weighted by Gasteiger charge is -2.38. The van der Waals surface area contributed by atoms with Crippen LogP contribution in [-0.4, -0.2) is 24.1 Å². The summed E-state index contributed by atoms with van der Waals surface area (Å²) in [5.74, 6) is -0.121. The van der Waals surface area contributed by atoms with E-state index in [2.05, 4.69) is 10.3 Å². The van der Waals surface area contributed by atoms with Gasteiger partial charge in [-0.3, -0.25) is 9.78 Å². The molecule has 1 aromatic heterocycles. The van der Waals surface area contributed by atoms with Crippen molar-refractivity contribution < 1.29 is 9.53 Å². The molecule has 1 aliphatic rings. The summed E-state index contributed by atoms with van der Waals surface area (Å²) in [7, 11) is 0. The summed E-state index contributed by atoms with van der Waals surface area (Å²) in [6.45, 7) is 2.58. The summed E-state index contributed by atoms with van der Waals surface area (Å²) in [5.41, 5.74) is 11.5. The molecule has 5 heteroatoms. The van der Waals surface area contributed by atoms with Crippen molar-refractivity contribution in [2.75, 3.05) is 18.5 Å². The maximum atomic E-state index is 11.4. The van der Waals surface area contributed by atoms with Crippen LogP contribution in [0.5, 0.6) is 0 Å². The molecule has 3 aromatic rings. The van der Waals surface area contributed by atoms with Crippen molar-refractivity contribution in [3.05, 3.63) is 72.4 Å². The topological polar surface area (TPSA) is 77.2 Å². The van der Waals surface area contributed by atoms with E-state index >= 15 is 0 Å². The average Bonchev–Trinajstić information content (AvgIpc) is 2.66. The van der Waals surface area contributed by atoms with E-state index in [1.165, 1.54) is 6.92 Å². The van der Waals surface area contributed by atoms with Crippen LogP contribution in [0.15, 0.2) is 66.9 Å². The van der Waals surface area contributed by atoms with Gasteiger partial charge in [-0.1, -0.05) is 54.6 Å². The number of hydrogen-bond donors (Lipinski definition) is 2. The Kier molecular flexibility index (Phi) is 4.48. The lowest BCUT2D eigenvalue weighted by molar-refractivity contribution is -0.114. The number of nitrogens with two attached hydrogens (primary N) is 1. The number of ether oxygens (including phenoxy) is 1. The maximum Gasteiger partial charge on any atom is 0.221 e. The molecule has 0 unspecified atom stereocenters. The molecule has 0 atom stereocenters. The molecular weight excluding hydrogens is 338 g/mol. The van der Waals surface area contributed by atoms with Gasteiger partial charge in [0.05, 0.1) is 36.3 Å². The highest BCUT2D eigenvalue weighted by atomic mass is 16.5. The Balaban J connectivity index is 1.76. The predicted octanol–water partition coefficient (Wildman–Crippen LogP) is 3.56. The van der Waals surface area contributed by atoms with Crippen LogP contribution in [0.2, 0.25) is 0 Å². The third kappa shape index (κ3) is 3.47. The molecule has 0 spiro atoms. The second kappa shape index (κ2) is 6.95. The number of anilines is 1. The summed E-state index contributed by atoms with van der Waals surface area (Å²) in [6.07, 6.45) is 1.68. The van der Waals surface area contributed by atoms with E-state index in [0.717, 1.165) is 27.9 Å². The van der Waals surface area contributed by atoms with Gasteiger partial charge in [-0.05, 0) is 17.2 Å². The third-order valence-corrected chi connectivity index (χ3v) is 4.75. The minimum atomic E-state index is -0.385. The van der Waals surface area contributed by atoms with Crippen LogP contribution in [0, 0.1) is 0 Å². The molecule has 27 heavy (non-hydrogen) atoms. The predicted molar refractivity (Wildman–Crippen MR) is 106 cm³/mol. The molecule has 4 rings (SSSR count). The molecule has 1 fully saturated rings. The third-order valence-electron chi connectivity index (χ3n) is 4.75. The Morgan fingerprint density at radius 2 is 1.78 bits per heavy atom. The molecule has 2 heterocycles. The van der Waals surface area contributed by atoms with Crippen LogP contribution in [-0.2, 0) is 15.1 Å². The number of nitrogens with one attached hydrogen (secondary N) is 1. The molecule has 2 aromatic carbocycles. The molecular formula is C22H21N3O2. The smallest absolute Gasteiger partial charge is 0.221 e. The number of carbonyl (C=O) groups excluding carboxylic acids is 1. The first-order chi connectivity index (χ1) is 13.0. The van der Waals surface area contributed by atoms with Gasteiger partial charge in [-0.2, -0.15) is 0 Å². The monoisotopic (exact) mass is 359 g/mol. The van der Waals surface area contributed by atoms with Gasteiger partial charge in [0.15, 0.2) is 0 Å². The molecule has 136 valence electrons. The number of rotatable bonds is 4. The number of aromatic nitrogens is 1. The van der Waals surface area contributed by atoms with Crippen molar-refractivity contribution in [1.29, 1.82) is 0 Å². The average molecular weight is 359 g/mol. The van der Waals surface area contributed by atoms with Crippen molar-refractivity contribution in [2.45, 2.75) is 12.5 Å². The first-order valence-electron chi connectivity index (χ1n) is 8.86. The maximum absolute atomic E-state index is 11.4. The zero-order chi connectivity index (χ0) is 18.9. The van der Waals surface area contributed by atoms with E-state index in [0.29, 0.717) is 18.9 Å². The lowest BCUT2D eigenvalue weighted by atomic mass is 9.88. The van der Waals surface area contributed by atoms with Crippen LogP contribution in [0.1, 0.15) is 12.5 Å². The molecule has 1 saturated heterocycles. The fraction of sp³-hybridized carbons (Fsp3) is 0.182. The number of benzene rings is 2. The van der Waals surface area contributed by atoms with Crippen molar-refractivity contribution in [3.63, 3.8) is 0 Å². The number of carbonyl (C=O) groups is 1. The van der Waals surface area contributed by atoms with Gasteiger partial charge >= 0.3 is 0 Å². The second-order valence-electron chi connectivity index (χ2n) is 6.89. The molecule has 3 N–H and O–H groups in total. The minimum Gasteiger partial charge on any atom is -0.377 e. The molecule has 0 bridgehead atoms. The van der Waals surface area contributed by atoms with Crippen LogP contribution in [0.3, 0.4) is 0 Å². The Morgan fingerprint density at radius 1 is 1.07 bits per heavy atom. The molecule has 1 amide bonds. The second-order valence-corrected chi connectivity index (χ2v) is 6.89. The van der Waals surface area contributed by atoms with E-state index in [9.17, 15) is 4.79 Å². The molecule has 1 aliphatic heterocycles. The van der Waals surface area contributed by atoms with E-state index in [-0.39, 0.29) is 11.4 Å². The van der Waals surface area contributed by atoms with Gasteiger partial charge in [-0.25, -0.2) is 0 Å².